The predicted molar refractivity (Wildman–Crippen MR) is 69.6 cm³/mol. The number of hydrogen-bond acceptors (Lipinski definition) is 3. The van der Waals surface area contributed by atoms with Crippen LogP contribution in [0.5, 0.6) is 0 Å². The fraction of sp³-hybridized carbons (Fsp3) is 0.273. The second-order valence-electron chi connectivity index (χ2n) is 3.81. The Bertz CT molecular complexity index is 487. The lowest BCUT2D eigenvalue weighted by Crippen LogP contribution is -2.09. The van der Waals surface area contributed by atoms with Crippen molar-refractivity contribution < 1.29 is 0 Å². The number of nitrogens with zero attached hydrogens (tertiary/aromatic N) is 2. The molecule has 2 aromatic rings. The van der Waals surface area contributed by atoms with E-state index < -0.39 is 0 Å². The lowest BCUT2D eigenvalue weighted by molar-refractivity contribution is 0.823. The van der Waals surface area contributed by atoms with Crippen molar-refractivity contribution in [3.63, 3.8) is 0 Å². The minimum absolute atomic E-state index is 0.0664. The number of H-pyrrole nitrogens is 1. The number of halogens is 2. The van der Waals surface area contributed by atoms with Gasteiger partial charge in [0, 0.05) is 6.20 Å². The number of aromatic amines is 1. The molecule has 0 saturated carbocycles. The summed E-state index contributed by atoms with van der Waals surface area (Å²) < 4.78 is 0. The maximum absolute atomic E-state index is 6.06. The van der Waals surface area contributed by atoms with Gasteiger partial charge in [0.25, 0.3) is 0 Å². The van der Waals surface area contributed by atoms with Gasteiger partial charge in [-0.15, -0.1) is 0 Å². The van der Waals surface area contributed by atoms with E-state index in [4.69, 9.17) is 23.2 Å². The predicted octanol–water partition coefficient (Wildman–Crippen LogP) is 3.59. The minimum Gasteiger partial charge on any atom is -0.374 e. The zero-order valence-corrected chi connectivity index (χ0v) is 11.0. The van der Waals surface area contributed by atoms with Crippen LogP contribution in [0.4, 0.5) is 5.69 Å². The van der Waals surface area contributed by atoms with Crippen LogP contribution in [0.25, 0.3) is 0 Å². The Hall–Kier alpha value is -1.26. The number of aromatic nitrogens is 3. The number of hydrogen-bond donors (Lipinski definition) is 2. The molecular weight excluding hydrogens is 259 g/mol. The maximum atomic E-state index is 6.06. The fourth-order valence-electron chi connectivity index (χ4n) is 1.57. The summed E-state index contributed by atoms with van der Waals surface area (Å²) in [5.74, 6) is 0. The Kier molecular flexibility index (Phi) is 3.54. The lowest BCUT2D eigenvalue weighted by atomic mass is 10.2. The summed E-state index contributed by atoms with van der Waals surface area (Å²) in [5, 5.41) is 10.9. The summed E-state index contributed by atoms with van der Waals surface area (Å²) in [6.07, 6.45) is 1.71. The molecule has 2 heterocycles. The third kappa shape index (κ3) is 2.70. The van der Waals surface area contributed by atoms with Gasteiger partial charge in [0.05, 0.1) is 17.4 Å². The van der Waals surface area contributed by atoms with Gasteiger partial charge in [-0.3, -0.25) is 5.10 Å². The first-order valence-electron chi connectivity index (χ1n) is 5.16. The highest BCUT2D eigenvalue weighted by molar-refractivity contribution is 6.34. The van der Waals surface area contributed by atoms with E-state index in [0.29, 0.717) is 10.3 Å². The molecule has 0 aliphatic carbocycles. The van der Waals surface area contributed by atoms with Crippen LogP contribution in [0.3, 0.4) is 0 Å². The van der Waals surface area contributed by atoms with Gasteiger partial charge in [-0.1, -0.05) is 23.2 Å². The quantitative estimate of drug-likeness (QED) is 0.839. The molecule has 1 atom stereocenters. The summed E-state index contributed by atoms with van der Waals surface area (Å²) in [5.41, 5.74) is 2.73. The summed E-state index contributed by atoms with van der Waals surface area (Å²) in [7, 11) is 0. The highest BCUT2D eigenvalue weighted by Crippen LogP contribution is 2.29. The van der Waals surface area contributed by atoms with Crippen LogP contribution in [0, 0.1) is 6.92 Å². The van der Waals surface area contributed by atoms with E-state index in [1.165, 1.54) is 0 Å². The first-order valence-corrected chi connectivity index (χ1v) is 5.92. The summed E-state index contributed by atoms with van der Waals surface area (Å²) >= 11 is 11.9. The molecule has 90 valence electrons. The topological polar surface area (TPSA) is 53.6 Å². The maximum Gasteiger partial charge on any atom is 0.154 e. The number of nitrogens with one attached hydrogen (secondary N) is 2. The van der Waals surface area contributed by atoms with Crippen LogP contribution in [0.15, 0.2) is 18.3 Å². The van der Waals surface area contributed by atoms with Gasteiger partial charge in [0.2, 0.25) is 0 Å². The van der Waals surface area contributed by atoms with E-state index in [0.717, 1.165) is 16.9 Å². The minimum atomic E-state index is 0.0664. The molecule has 0 spiro atoms. The van der Waals surface area contributed by atoms with Crippen molar-refractivity contribution in [3.05, 3.63) is 39.9 Å². The van der Waals surface area contributed by atoms with Crippen molar-refractivity contribution >= 4 is 28.9 Å². The Morgan fingerprint density at radius 2 is 2.18 bits per heavy atom. The molecule has 0 aromatic carbocycles. The zero-order valence-electron chi connectivity index (χ0n) is 9.46. The molecule has 4 nitrogen and oxygen atoms in total. The Balaban J connectivity index is 2.25. The smallest absolute Gasteiger partial charge is 0.154 e. The molecule has 0 aliphatic rings. The molecule has 1 unspecified atom stereocenters. The Morgan fingerprint density at radius 1 is 1.41 bits per heavy atom. The van der Waals surface area contributed by atoms with Gasteiger partial charge >= 0.3 is 0 Å². The van der Waals surface area contributed by atoms with Gasteiger partial charge < -0.3 is 5.32 Å². The van der Waals surface area contributed by atoms with Crippen LogP contribution < -0.4 is 5.32 Å². The number of rotatable bonds is 3. The highest BCUT2D eigenvalue weighted by Gasteiger charge is 2.12. The van der Waals surface area contributed by atoms with Gasteiger partial charge in [0.1, 0.15) is 5.15 Å². The van der Waals surface area contributed by atoms with E-state index in [-0.39, 0.29) is 6.04 Å². The standard InChI is InChI=1S/C11H12Cl2N4/c1-6-5-9(12)16-11(13)10(6)15-7(2)8-3-4-14-17-8/h3-5,7,15H,1-2H3,(H,14,17). The van der Waals surface area contributed by atoms with Gasteiger partial charge in [-0.25, -0.2) is 4.98 Å². The SMILES string of the molecule is Cc1cc(Cl)nc(Cl)c1NC(C)c1ccn[nH]1. The van der Waals surface area contributed by atoms with E-state index >= 15 is 0 Å². The van der Waals surface area contributed by atoms with Gasteiger partial charge in [-0.2, -0.15) is 5.10 Å². The first-order chi connectivity index (χ1) is 8.08. The molecule has 0 saturated heterocycles. The highest BCUT2D eigenvalue weighted by atomic mass is 35.5. The van der Waals surface area contributed by atoms with E-state index in [9.17, 15) is 0 Å². The van der Waals surface area contributed by atoms with Crippen LogP contribution >= 0.6 is 23.2 Å². The second-order valence-corrected chi connectivity index (χ2v) is 4.55. The molecule has 0 radical (unpaired) electrons. The lowest BCUT2D eigenvalue weighted by Gasteiger charge is -2.16. The molecule has 2 aromatic heterocycles. The fourth-order valence-corrected chi connectivity index (χ4v) is 2.16. The number of anilines is 1. The Labute approximate surface area is 109 Å². The molecular formula is C11H12Cl2N4. The molecule has 0 aliphatic heterocycles. The Morgan fingerprint density at radius 3 is 2.76 bits per heavy atom. The monoisotopic (exact) mass is 270 g/mol. The van der Waals surface area contributed by atoms with Crippen molar-refractivity contribution in [1.29, 1.82) is 0 Å². The van der Waals surface area contributed by atoms with E-state index in [2.05, 4.69) is 20.5 Å². The summed E-state index contributed by atoms with van der Waals surface area (Å²) in [6.45, 7) is 3.94. The molecule has 2 N–H and O–H groups in total. The second kappa shape index (κ2) is 4.94. The van der Waals surface area contributed by atoms with E-state index in [1.54, 1.807) is 12.3 Å². The molecule has 0 bridgehead atoms. The normalized spacial score (nSPS) is 12.5. The van der Waals surface area contributed by atoms with Crippen molar-refractivity contribution in [3.8, 4) is 0 Å². The average Bonchev–Trinajstić information content (AvgIpc) is 2.76. The first kappa shape index (κ1) is 12.2. The van der Waals surface area contributed by atoms with Crippen LogP contribution in [0.2, 0.25) is 10.3 Å². The molecule has 17 heavy (non-hydrogen) atoms. The zero-order chi connectivity index (χ0) is 12.4. The van der Waals surface area contributed by atoms with Crippen molar-refractivity contribution in [2.45, 2.75) is 19.9 Å². The molecule has 2 rings (SSSR count). The largest absolute Gasteiger partial charge is 0.374 e. The third-order valence-corrected chi connectivity index (χ3v) is 2.96. The van der Waals surface area contributed by atoms with Crippen molar-refractivity contribution in [2.24, 2.45) is 0 Å². The average molecular weight is 271 g/mol. The third-order valence-electron chi connectivity index (χ3n) is 2.49. The van der Waals surface area contributed by atoms with Crippen LogP contribution in [-0.2, 0) is 0 Å². The molecule has 6 heteroatoms. The summed E-state index contributed by atoms with van der Waals surface area (Å²) in [4.78, 5) is 4.01. The summed E-state index contributed by atoms with van der Waals surface area (Å²) in [6, 6.07) is 3.75. The van der Waals surface area contributed by atoms with Crippen LogP contribution in [-0.4, -0.2) is 15.2 Å². The van der Waals surface area contributed by atoms with Crippen LogP contribution in [0.1, 0.15) is 24.2 Å². The van der Waals surface area contributed by atoms with Gasteiger partial charge in [-0.05, 0) is 31.5 Å². The number of pyridine rings is 1. The molecule has 0 amide bonds. The van der Waals surface area contributed by atoms with Crippen molar-refractivity contribution in [2.75, 3.05) is 5.32 Å². The number of aryl methyl sites for hydroxylation is 1. The van der Waals surface area contributed by atoms with Gasteiger partial charge in [0.15, 0.2) is 5.15 Å². The van der Waals surface area contributed by atoms with E-state index in [1.807, 2.05) is 19.9 Å². The molecule has 0 fully saturated rings. The van der Waals surface area contributed by atoms with Crippen molar-refractivity contribution in [1.82, 2.24) is 15.2 Å².